The van der Waals surface area contributed by atoms with E-state index in [2.05, 4.69) is 5.10 Å². The normalized spacial score (nSPS) is 16.9. The van der Waals surface area contributed by atoms with Gasteiger partial charge < -0.3 is 0 Å². The minimum Gasteiger partial charge on any atom is -0.289 e. The number of aromatic nitrogens is 2. The highest BCUT2D eigenvalue weighted by Gasteiger charge is 2.21. The van der Waals surface area contributed by atoms with E-state index in [-0.39, 0.29) is 5.78 Å². The monoisotopic (exact) mass is 238 g/mol. The van der Waals surface area contributed by atoms with Gasteiger partial charge in [0, 0.05) is 29.9 Å². The van der Waals surface area contributed by atoms with Gasteiger partial charge in [-0.25, -0.2) is 0 Å². The third kappa shape index (κ3) is 1.88. The van der Waals surface area contributed by atoms with Crippen LogP contribution in [0.3, 0.4) is 0 Å². The van der Waals surface area contributed by atoms with Gasteiger partial charge in [0.2, 0.25) is 0 Å². The molecule has 18 heavy (non-hydrogen) atoms. The summed E-state index contributed by atoms with van der Waals surface area (Å²) in [6, 6.07) is 7.85. The van der Waals surface area contributed by atoms with Crippen molar-refractivity contribution in [3.8, 4) is 0 Å². The fourth-order valence-corrected chi connectivity index (χ4v) is 2.37. The molecule has 1 aromatic heterocycles. The Morgan fingerprint density at radius 2 is 2.11 bits per heavy atom. The van der Waals surface area contributed by atoms with Gasteiger partial charge >= 0.3 is 0 Å². The number of Topliss-reactive ketones (excluding diaryl/α,β-unsaturated/α-hetero) is 1. The largest absolute Gasteiger partial charge is 0.289 e. The highest BCUT2D eigenvalue weighted by Crippen LogP contribution is 2.26. The van der Waals surface area contributed by atoms with Crippen LogP contribution >= 0.6 is 0 Å². The second kappa shape index (κ2) is 4.26. The van der Waals surface area contributed by atoms with Crippen molar-refractivity contribution in [2.45, 2.75) is 12.8 Å². The van der Waals surface area contributed by atoms with Crippen LogP contribution in [0.4, 0.5) is 0 Å². The molecule has 1 aliphatic carbocycles. The standard InChI is InChI=1S/C15H14N2O/c1-17-10-11(9-16-17)8-13-7-6-12-4-2-3-5-14(12)15(13)18/h2-5,8-10H,6-7H2,1H3. The minimum atomic E-state index is 0.153. The maximum atomic E-state index is 12.3. The smallest absolute Gasteiger partial charge is 0.189 e. The molecule has 0 saturated heterocycles. The average molecular weight is 238 g/mol. The number of aryl methyl sites for hydroxylation is 2. The number of benzene rings is 1. The van der Waals surface area contributed by atoms with Crippen LogP contribution in [-0.4, -0.2) is 15.6 Å². The van der Waals surface area contributed by atoms with Gasteiger partial charge in [0.25, 0.3) is 0 Å². The quantitative estimate of drug-likeness (QED) is 0.716. The van der Waals surface area contributed by atoms with Crippen molar-refractivity contribution in [3.05, 3.63) is 58.9 Å². The predicted octanol–water partition coefficient (Wildman–Crippen LogP) is 2.63. The number of hydrogen-bond donors (Lipinski definition) is 0. The number of ketones is 1. The molecule has 3 nitrogen and oxygen atoms in total. The van der Waals surface area contributed by atoms with Crippen LogP contribution in [0.5, 0.6) is 0 Å². The molecule has 2 aromatic rings. The second-order valence-electron chi connectivity index (χ2n) is 4.60. The Hall–Kier alpha value is -2.16. The highest BCUT2D eigenvalue weighted by molar-refractivity contribution is 6.13. The summed E-state index contributed by atoms with van der Waals surface area (Å²) in [6.45, 7) is 0. The Bertz CT molecular complexity index is 637. The van der Waals surface area contributed by atoms with E-state index in [1.807, 2.05) is 43.6 Å². The number of hydrogen-bond acceptors (Lipinski definition) is 2. The van der Waals surface area contributed by atoms with E-state index in [4.69, 9.17) is 0 Å². The summed E-state index contributed by atoms with van der Waals surface area (Å²) in [5, 5.41) is 4.11. The van der Waals surface area contributed by atoms with E-state index in [9.17, 15) is 4.79 Å². The maximum absolute atomic E-state index is 12.3. The molecule has 0 spiro atoms. The van der Waals surface area contributed by atoms with Crippen LogP contribution in [0.2, 0.25) is 0 Å². The van der Waals surface area contributed by atoms with Crippen LogP contribution in [0, 0.1) is 0 Å². The summed E-state index contributed by atoms with van der Waals surface area (Å²) in [5.74, 6) is 0.153. The first-order valence-electron chi connectivity index (χ1n) is 6.06. The summed E-state index contributed by atoms with van der Waals surface area (Å²) in [7, 11) is 1.87. The fourth-order valence-electron chi connectivity index (χ4n) is 2.37. The summed E-state index contributed by atoms with van der Waals surface area (Å²) in [6.07, 6.45) is 7.39. The number of carbonyl (C=O) groups excluding carboxylic acids is 1. The lowest BCUT2D eigenvalue weighted by Gasteiger charge is -2.16. The van der Waals surface area contributed by atoms with Crippen molar-refractivity contribution in [1.29, 1.82) is 0 Å². The van der Waals surface area contributed by atoms with Crippen LogP contribution in [0.1, 0.15) is 27.9 Å². The minimum absolute atomic E-state index is 0.153. The molecule has 0 unspecified atom stereocenters. The van der Waals surface area contributed by atoms with E-state index in [0.29, 0.717) is 0 Å². The van der Waals surface area contributed by atoms with Gasteiger partial charge in [0.1, 0.15) is 0 Å². The average Bonchev–Trinajstić information content (AvgIpc) is 2.79. The third-order valence-electron chi connectivity index (χ3n) is 3.28. The SMILES string of the molecule is Cn1cc(C=C2CCc3ccccc3C2=O)cn1. The van der Waals surface area contributed by atoms with Crippen LogP contribution in [0.15, 0.2) is 42.2 Å². The Kier molecular flexibility index (Phi) is 2.59. The lowest BCUT2D eigenvalue weighted by Crippen LogP contribution is -2.13. The molecule has 1 heterocycles. The molecule has 0 radical (unpaired) electrons. The second-order valence-corrected chi connectivity index (χ2v) is 4.60. The van der Waals surface area contributed by atoms with Crippen molar-refractivity contribution in [3.63, 3.8) is 0 Å². The van der Waals surface area contributed by atoms with Crippen molar-refractivity contribution in [1.82, 2.24) is 9.78 Å². The predicted molar refractivity (Wildman–Crippen MR) is 70.3 cm³/mol. The van der Waals surface area contributed by atoms with Crippen LogP contribution in [0.25, 0.3) is 6.08 Å². The molecule has 1 aromatic carbocycles. The molecule has 0 atom stereocenters. The molecule has 0 saturated carbocycles. The van der Waals surface area contributed by atoms with Crippen molar-refractivity contribution in [2.24, 2.45) is 7.05 Å². The number of carbonyl (C=O) groups is 1. The van der Waals surface area contributed by atoms with Gasteiger partial charge in [-0.05, 0) is 24.5 Å². The number of rotatable bonds is 1. The molecule has 0 amide bonds. The van der Waals surface area contributed by atoms with Gasteiger partial charge in [-0.15, -0.1) is 0 Å². The molecule has 3 heteroatoms. The molecular formula is C15H14N2O. The zero-order chi connectivity index (χ0) is 12.5. The Balaban J connectivity index is 1.98. The molecule has 0 fully saturated rings. The molecule has 90 valence electrons. The first-order valence-corrected chi connectivity index (χ1v) is 6.06. The summed E-state index contributed by atoms with van der Waals surface area (Å²) in [4.78, 5) is 12.3. The van der Waals surface area contributed by atoms with Crippen LogP contribution < -0.4 is 0 Å². The maximum Gasteiger partial charge on any atom is 0.189 e. The van der Waals surface area contributed by atoms with E-state index in [1.165, 1.54) is 0 Å². The Labute approximate surface area is 106 Å². The van der Waals surface area contributed by atoms with Crippen molar-refractivity contribution >= 4 is 11.9 Å². The van der Waals surface area contributed by atoms with Crippen LogP contribution in [-0.2, 0) is 13.5 Å². The molecular weight excluding hydrogens is 224 g/mol. The van der Waals surface area contributed by atoms with Crippen molar-refractivity contribution in [2.75, 3.05) is 0 Å². The van der Waals surface area contributed by atoms with Gasteiger partial charge in [0.05, 0.1) is 6.20 Å². The zero-order valence-corrected chi connectivity index (χ0v) is 10.3. The Morgan fingerprint density at radius 3 is 2.89 bits per heavy atom. The van der Waals surface area contributed by atoms with E-state index in [0.717, 1.165) is 35.1 Å². The summed E-state index contributed by atoms with van der Waals surface area (Å²) in [5.41, 5.74) is 3.87. The van der Waals surface area contributed by atoms with Crippen molar-refractivity contribution < 1.29 is 4.79 Å². The van der Waals surface area contributed by atoms with E-state index >= 15 is 0 Å². The number of allylic oxidation sites excluding steroid dienone is 1. The topological polar surface area (TPSA) is 34.9 Å². The molecule has 0 aliphatic heterocycles. The first kappa shape index (κ1) is 11.0. The molecule has 3 rings (SSSR count). The number of fused-ring (bicyclic) bond motifs is 1. The number of nitrogens with zero attached hydrogens (tertiary/aromatic N) is 2. The molecule has 0 bridgehead atoms. The van der Waals surface area contributed by atoms with E-state index in [1.54, 1.807) is 10.9 Å². The van der Waals surface area contributed by atoms with Gasteiger partial charge in [-0.1, -0.05) is 24.3 Å². The fraction of sp³-hybridized carbons (Fsp3) is 0.200. The first-order chi connectivity index (χ1) is 8.74. The zero-order valence-electron chi connectivity index (χ0n) is 10.3. The van der Waals surface area contributed by atoms with Gasteiger partial charge in [-0.2, -0.15) is 5.10 Å². The lowest BCUT2D eigenvalue weighted by atomic mass is 9.86. The summed E-state index contributed by atoms with van der Waals surface area (Å²) >= 11 is 0. The summed E-state index contributed by atoms with van der Waals surface area (Å²) < 4.78 is 1.74. The lowest BCUT2D eigenvalue weighted by molar-refractivity contribution is 0.102. The van der Waals surface area contributed by atoms with Gasteiger partial charge in [0.15, 0.2) is 5.78 Å². The van der Waals surface area contributed by atoms with E-state index < -0.39 is 0 Å². The Morgan fingerprint density at radius 1 is 1.28 bits per heavy atom. The molecule has 1 aliphatic rings. The highest BCUT2D eigenvalue weighted by atomic mass is 16.1. The van der Waals surface area contributed by atoms with Gasteiger partial charge in [-0.3, -0.25) is 9.48 Å². The molecule has 0 N–H and O–H groups in total. The third-order valence-corrected chi connectivity index (χ3v) is 3.28.